The summed E-state index contributed by atoms with van der Waals surface area (Å²) in [7, 11) is 0. The number of rotatable bonds is 11. The van der Waals surface area contributed by atoms with E-state index in [4.69, 9.17) is 15.9 Å². The van der Waals surface area contributed by atoms with Gasteiger partial charge in [-0.2, -0.15) is 12.6 Å². The van der Waals surface area contributed by atoms with Crippen LogP contribution in [0.5, 0.6) is 0 Å². The summed E-state index contributed by atoms with van der Waals surface area (Å²) in [5, 5.41) is 31.9. The van der Waals surface area contributed by atoms with Crippen molar-refractivity contribution in [1.29, 1.82) is 0 Å². The average Bonchev–Trinajstić information content (AvgIpc) is 3.17. The lowest BCUT2D eigenvalue weighted by Crippen LogP contribution is -2.58. The number of amides is 3. The summed E-state index contributed by atoms with van der Waals surface area (Å²) in [6, 6.07) is -4.72. The van der Waals surface area contributed by atoms with E-state index in [1.807, 2.05) is 0 Å². The highest BCUT2D eigenvalue weighted by Gasteiger charge is 2.38. The molecule has 0 radical (unpaired) electrons. The first-order valence-electron chi connectivity index (χ1n) is 8.95. The van der Waals surface area contributed by atoms with E-state index in [0.717, 1.165) is 4.90 Å². The summed E-state index contributed by atoms with van der Waals surface area (Å²) >= 11 is 3.88. The van der Waals surface area contributed by atoms with Crippen molar-refractivity contribution in [1.82, 2.24) is 15.5 Å². The Labute approximate surface area is 172 Å². The number of nitrogens with one attached hydrogen (secondary N) is 2. The van der Waals surface area contributed by atoms with Crippen molar-refractivity contribution in [3.63, 3.8) is 0 Å². The van der Waals surface area contributed by atoms with Gasteiger partial charge in [-0.3, -0.25) is 19.2 Å². The summed E-state index contributed by atoms with van der Waals surface area (Å²) in [6.07, 6.45) is -0.0490. The van der Waals surface area contributed by atoms with E-state index < -0.39 is 66.9 Å². The van der Waals surface area contributed by atoms with E-state index in [9.17, 15) is 29.1 Å². The van der Waals surface area contributed by atoms with Crippen molar-refractivity contribution in [2.24, 2.45) is 5.73 Å². The molecule has 1 aliphatic heterocycles. The lowest BCUT2D eigenvalue weighted by atomic mass is 10.1. The van der Waals surface area contributed by atoms with Crippen LogP contribution in [0.1, 0.15) is 25.7 Å². The van der Waals surface area contributed by atoms with Gasteiger partial charge in [-0.1, -0.05) is 0 Å². The van der Waals surface area contributed by atoms with Gasteiger partial charge in [0, 0.05) is 18.7 Å². The number of aliphatic carboxylic acids is 2. The number of hydrogen-bond donors (Lipinski definition) is 7. The number of carboxylic acids is 2. The molecule has 1 fully saturated rings. The summed E-state index contributed by atoms with van der Waals surface area (Å²) in [6.45, 7) is -0.542. The van der Waals surface area contributed by atoms with Crippen LogP contribution in [0.3, 0.4) is 0 Å². The molecular formula is C16H26N4O8S. The Morgan fingerprint density at radius 2 is 1.79 bits per heavy atom. The molecule has 1 heterocycles. The normalized spacial score (nSPS) is 19.1. The molecule has 29 heavy (non-hydrogen) atoms. The van der Waals surface area contributed by atoms with Crippen molar-refractivity contribution < 1.29 is 39.3 Å². The Kier molecular flexibility index (Phi) is 9.85. The van der Waals surface area contributed by atoms with Crippen molar-refractivity contribution in [3.8, 4) is 0 Å². The summed E-state index contributed by atoms with van der Waals surface area (Å²) in [5.41, 5.74) is 5.53. The third-order valence-corrected chi connectivity index (χ3v) is 4.82. The lowest BCUT2D eigenvalue weighted by molar-refractivity contribution is -0.145. The molecule has 164 valence electrons. The van der Waals surface area contributed by atoms with E-state index >= 15 is 0 Å². The maximum Gasteiger partial charge on any atom is 0.326 e. The number of aliphatic hydroxyl groups excluding tert-OH is 1. The molecule has 0 aromatic carbocycles. The minimum Gasteiger partial charge on any atom is -0.481 e. The molecule has 0 saturated carbocycles. The number of nitrogens with two attached hydrogens (primary N) is 1. The highest BCUT2D eigenvalue weighted by atomic mass is 32.1. The van der Waals surface area contributed by atoms with Crippen LogP contribution in [0.25, 0.3) is 0 Å². The van der Waals surface area contributed by atoms with Gasteiger partial charge in [-0.05, 0) is 19.3 Å². The van der Waals surface area contributed by atoms with E-state index in [-0.39, 0.29) is 25.1 Å². The number of likely N-dealkylation sites (tertiary alicyclic amines) is 1. The van der Waals surface area contributed by atoms with E-state index in [1.165, 1.54) is 0 Å². The maximum atomic E-state index is 12.7. The van der Waals surface area contributed by atoms with Gasteiger partial charge in [0.25, 0.3) is 0 Å². The summed E-state index contributed by atoms with van der Waals surface area (Å²) in [5.74, 6) is -4.71. The number of aliphatic hydroxyl groups is 1. The van der Waals surface area contributed by atoms with Crippen molar-refractivity contribution >= 4 is 42.3 Å². The van der Waals surface area contributed by atoms with E-state index in [0.29, 0.717) is 6.42 Å². The summed E-state index contributed by atoms with van der Waals surface area (Å²) in [4.78, 5) is 60.1. The molecule has 0 aromatic rings. The molecule has 1 rings (SSSR count). The van der Waals surface area contributed by atoms with Gasteiger partial charge in [-0.15, -0.1) is 0 Å². The smallest absolute Gasteiger partial charge is 0.326 e. The zero-order chi connectivity index (χ0) is 22.1. The van der Waals surface area contributed by atoms with Gasteiger partial charge < -0.3 is 36.6 Å². The minimum atomic E-state index is -1.42. The Bertz CT molecular complexity index is 646. The molecule has 1 saturated heterocycles. The van der Waals surface area contributed by atoms with Crippen LogP contribution in [-0.2, 0) is 24.0 Å². The fraction of sp³-hybridized carbons (Fsp3) is 0.688. The number of hydrogen-bond acceptors (Lipinski definition) is 8. The number of carbonyl (C=O) groups is 5. The molecule has 4 atom stereocenters. The third kappa shape index (κ3) is 7.18. The fourth-order valence-electron chi connectivity index (χ4n) is 2.84. The number of thiol groups is 1. The molecule has 3 amide bonds. The lowest BCUT2D eigenvalue weighted by Gasteiger charge is -2.29. The quantitative estimate of drug-likeness (QED) is 0.167. The van der Waals surface area contributed by atoms with Crippen LogP contribution in [0.2, 0.25) is 0 Å². The van der Waals surface area contributed by atoms with Gasteiger partial charge in [0.05, 0.1) is 12.6 Å². The first-order valence-corrected chi connectivity index (χ1v) is 9.58. The second-order valence-corrected chi connectivity index (χ2v) is 6.92. The Morgan fingerprint density at radius 3 is 2.31 bits per heavy atom. The van der Waals surface area contributed by atoms with E-state index in [2.05, 4.69) is 23.3 Å². The first kappa shape index (κ1) is 24.7. The molecule has 13 heteroatoms. The molecule has 0 bridgehead atoms. The maximum absolute atomic E-state index is 12.7. The predicted molar refractivity (Wildman–Crippen MR) is 102 cm³/mol. The fourth-order valence-corrected chi connectivity index (χ4v) is 3.01. The monoisotopic (exact) mass is 434 g/mol. The molecule has 0 aliphatic carbocycles. The van der Waals surface area contributed by atoms with Crippen LogP contribution in [0, 0.1) is 0 Å². The van der Waals surface area contributed by atoms with Gasteiger partial charge in [0.2, 0.25) is 17.7 Å². The second kappa shape index (κ2) is 11.6. The highest BCUT2D eigenvalue weighted by molar-refractivity contribution is 7.80. The van der Waals surface area contributed by atoms with Crippen LogP contribution in [0.4, 0.5) is 0 Å². The number of carbonyl (C=O) groups excluding carboxylic acids is 3. The molecule has 4 unspecified atom stereocenters. The standard InChI is InChI=1S/C16H26N4O8S/c17-8(7-29)13(24)19-10(6-21)15(26)20-5-1-2-11(20)14(25)18-9(16(27)28)3-4-12(22)23/h8-11,21,29H,1-7,17H2,(H,18,25)(H,19,24)(H,22,23)(H,27,28). The predicted octanol–water partition coefficient (Wildman–Crippen LogP) is -2.85. The van der Waals surface area contributed by atoms with E-state index in [1.54, 1.807) is 0 Å². The van der Waals surface area contributed by atoms with Crippen LogP contribution in [-0.4, -0.2) is 93.0 Å². The van der Waals surface area contributed by atoms with Gasteiger partial charge in [-0.25, -0.2) is 4.79 Å². The van der Waals surface area contributed by atoms with Crippen LogP contribution >= 0.6 is 12.6 Å². The highest BCUT2D eigenvalue weighted by Crippen LogP contribution is 2.19. The Morgan fingerprint density at radius 1 is 1.14 bits per heavy atom. The van der Waals surface area contributed by atoms with Crippen LogP contribution in [0.15, 0.2) is 0 Å². The minimum absolute atomic E-state index is 0.0276. The van der Waals surface area contributed by atoms with Gasteiger partial charge in [0.15, 0.2) is 0 Å². The molecule has 0 spiro atoms. The van der Waals surface area contributed by atoms with Crippen molar-refractivity contribution in [3.05, 3.63) is 0 Å². The van der Waals surface area contributed by atoms with Crippen molar-refractivity contribution in [2.45, 2.75) is 49.9 Å². The Hall–Kier alpha value is -2.38. The average molecular weight is 434 g/mol. The largest absolute Gasteiger partial charge is 0.481 e. The zero-order valence-corrected chi connectivity index (χ0v) is 16.5. The third-order valence-electron chi connectivity index (χ3n) is 4.43. The Balaban J connectivity index is 2.82. The first-order chi connectivity index (χ1) is 13.6. The van der Waals surface area contributed by atoms with Gasteiger partial charge >= 0.3 is 11.9 Å². The topological polar surface area (TPSA) is 199 Å². The molecular weight excluding hydrogens is 408 g/mol. The van der Waals surface area contributed by atoms with Gasteiger partial charge in [0.1, 0.15) is 18.1 Å². The molecule has 12 nitrogen and oxygen atoms in total. The molecule has 1 aliphatic rings. The summed E-state index contributed by atoms with van der Waals surface area (Å²) < 4.78 is 0. The number of carboxylic acid groups (broad SMARTS) is 2. The SMILES string of the molecule is NC(CS)C(=O)NC(CO)C(=O)N1CCCC1C(=O)NC(CCC(=O)O)C(=O)O. The molecule has 0 aromatic heterocycles. The van der Waals surface area contributed by atoms with Crippen molar-refractivity contribution in [2.75, 3.05) is 18.9 Å². The second-order valence-electron chi connectivity index (χ2n) is 6.55. The molecule has 7 N–H and O–H groups in total. The number of nitrogens with zero attached hydrogens (tertiary/aromatic N) is 1. The van der Waals surface area contributed by atoms with Crippen LogP contribution < -0.4 is 16.4 Å². The zero-order valence-electron chi connectivity index (χ0n) is 15.6.